The fourth-order valence-corrected chi connectivity index (χ4v) is 2.54. The van der Waals surface area contributed by atoms with Crippen molar-refractivity contribution in [2.24, 2.45) is 5.73 Å². The number of amides is 1. The number of halogens is 3. The van der Waals surface area contributed by atoms with Gasteiger partial charge in [0.1, 0.15) is 0 Å². The topological polar surface area (TPSA) is 64.3 Å². The predicted octanol–water partition coefficient (Wildman–Crippen LogP) is 4.14. The van der Waals surface area contributed by atoms with E-state index in [1.54, 1.807) is 0 Å². The third-order valence-corrected chi connectivity index (χ3v) is 3.91. The summed E-state index contributed by atoms with van der Waals surface area (Å²) in [5.41, 5.74) is 6.19. The van der Waals surface area contributed by atoms with Gasteiger partial charge >= 0.3 is 6.18 Å². The van der Waals surface area contributed by atoms with Gasteiger partial charge in [-0.2, -0.15) is 13.2 Å². The zero-order valence-corrected chi connectivity index (χ0v) is 14.9. The van der Waals surface area contributed by atoms with Gasteiger partial charge in [-0.25, -0.2) is 0 Å². The van der Waals surface area contributed by atoms with E-state index in [2.05, 4.69) is 5.32 Å². The molecule has 0 aliphatic carbocycles. The summed E-state index contributed by atoms with van der Waals surface area (Å²) in [4.78, 5) is 11.9. The van der Waals surface area contributed by atoms with Gasteiger partial charge in [0.2, 0.25) is 5.91 Å². The van der Waals surface area contributed by atoms with Crippen molar-refractivity contribution >= 4 is 11.6 Å². The van der Waals surface area contributed by atoms with Crippen molar-refractivity contribution in [3.05, 3.63) is 65.2 Å². The van der Waals surface area contributed by atoms with Crippen molar-refractivity contribution in [2.45, 2.75) is 32.0 Å². The van der Waals surface area contributed by atoms with Crippen molar-refractivity contribution in [2.75, 3.05) is 18.5 Å². The lowest BCUT2D eigenvalue weighted by molar-refractivity contribution is -0.137. The van der Waals surface area contributed by atoms with E-state index in [1.165, 1.54) is 11.6 Å². The van der Waals surface area contributed by atoms with Crippen LogP contribution in [-0.4, -0.2) is 19.1 Å². The van der Waals surface area contributed by atoms with E-state index in [-0.39, 0.29) is 24.6 Å². The highest BCUT2D eigenvalue weighted by atomic mass is 19.4. The van der Waals surface area contributed by atoms with E-state index in [0.717, 1.165) is 18.6 Å². The summed E-state index contributed by atoms with van der Waals surface area (Å²) >= 11 is 0. The normalized spacial score (nSPS) is 11.4. The Bertz CT molecular complexity index is 734. The molecule has 0 spiro atoms. The molecule has 0 radical (unpaired) electrons. The second-order valence-electron chi connectivity index (χ2n) is 6.12. The molecule has 2 rings (SSSR count). The quantitative estimate of drug-likeness (QED) is 0.643. The van der Waals surface area contributed by atoms with Crippen LogP contribution in [0.4, 0.5) is 18.9 Å². The fourth-order valence-electron chi connectivity index (χ4n) is 2.54. The van der Waals surface area contributed by atoms with E-state index < -0.39 is 11.7 Å². The molecule has 0 saturated heterocycles. The van der Waals surface area contributed by atoms with Crippen LogP contribution in [0, 0.1) is 0 Å². The minimum absolute atomic E-state index is 0.0396. The molecule has 0 aliphatic rings. The van der Waals surface area contributed by atoms with Crippen LogP contribution in [0.5, 0.6) is 0 Å². The van der Waals surface area contributed by atoms with Gasteiger partial charge in [0.15, 0.2) is 0 Å². The monoisotopic (exact) mass is 380 g/mol. The first-order valence-electron chi connectivity index (χ1n) is 8.71. The Morgan fingerprint density at radius 3 is 2.44 bits per heavy atom. The van der Waals surface area contributed by atoms with Crippen LogP contribution in [0.1, 0.15) is 29.5 Å². The second-order valence-corrected chi connectivity index (χ2v) is 6.12. The van der Waals surface area contributed by atoms with Crippen molar-refractivity contribution in [3.63, 3.8) is 0 Å². The molecule has 0 saturated carbocycles. The van der Waals surface area contributed by atoms with Gasteiger partial charge in [0.25, 0.3) is 0 Å². The fraction of sp³-hybridized carbons (Fsp3) is 0.350. The third kappa shape index (κ3) is 7.40. The van der Waals surface area contributed by atoms with Gasteiger partial charge in [-0.15, -0.1) is 0 Å². The number of alkyl halides is 3. The van der Waals surface area contributed by atoms with Crippen molar-refractivity contribution in [1.29, 1.82) is 0 Å². The molecule has 0 atom stereocenters. The molecule has 4 nitrogen and oxygen atoms in total. The second kappa shape index (κ2) is 10.1. The van der Waals surface area contributed by atoms with Crippen LogP contribution < -0.4 is 11.1 Å². The molecule has 7 heteroatoms. The maximum Gasteiger partial charge on any atom is 0.416 e. The van der Waals surface area contributed by atoms with Crippen LogP contribution in [0.2, 0.25) is 0 Å². The Balaban J connectivity index is 1.74. The zero-order chi connectivity index (χ0) is 19.7. The molecule has 3 N–H and O–H groups in total. The van der Waals surface area contributed by atoms with Gasteiger partial charge < -0.3 is 15.8 Å². The third-order valence-electron chi connectivity index (χ3n) is 3.91. The molecule has 2 aromatic rings. The van der Waals surface area contributed by atoms with E-state index in [0.29, 0.717) is 25.2 Å². The smallest absolute Gasteiger partial charge is 0.381 e. The lowest BCUT2D eigenvalue weighted by atomic mass is 10.1. The summed E-state index contributed by atoms with van der Waals surface area (Å²) in [5.74, 6) is -0.357. The number of hydrogen-bond acceptors (Lipinski definition) is 3. The Labute approximate surface area is 156 Å². The van der Waals surface area contributed by atoms with Gasteiger partial charge in [0.05, 0.1) is 12.2 Å². The maximum atomic E-state index is 12.9. The number of nitrogens with two attached hydrogens (primary N) is 1. The largest absolute Gasteiger partial charge is 0.416 e. The molecular weight excluding hydrogens is 357 g/mol. The Morgan fingerprint density at radius 2 is 1.78 bits per heavy atom. The summed E-state index contributed by atoms with van der Waals surface area (Å²) in [5, 5.41) is 2.50. The summed E-state index contributed by atoms with van der Waals surface area (Å²) in [6, 6.07) is 13.2. The Hall–Kier alpha value is -2.38. The number of carbonyl (C=O) groups is 1. The van der Waals surface area contributed by atoms with Crippen LogP contribution in [0.25, 0.3) is 0 Å². The minimum Gasteiger partial charge on any atom is -0.381 e. The highest BCUT2D eigenvalue weighted by molar-refractivity contribution is 5.90. The zero-order valence-electron chi connectivity index (χ0n) is 14.9. The minimum atomic E-state index is -4.49. The van der Waals surface area contributed by atoms with Gasteiger partial charge in [-0.05, 0) is 42.2 Å². The lowest BCUT2D eigenvalue weighted by Crippen LogP contribution is -2.15. The van der Waals surface area contributed by atoms with E-state index in [9.17, 15) is 18.0 Å². The van der Waals surface area contributed by atoms with Crippen molar-refractivity contribution < 1.29 is 22.7 Å². The summed E-state index contributed by atoms with van der Waals surface area (Å²) in [7, 11) is 0. The van der Waals surface area contributed by atoms with Gasteiger partial charge in [0, 0.05) is 25.3 Å². The first-order valence-corrected chi connectivity index (χ1v) is 8.71. The summed E-state index contributed by atoms with van der Waals surface area (Å²) < 4.78 is 44.2. The van der Waals surface area contributed by atoms with Gasteiger partial charge in [-0.1, -0.05) is 30.3 Å². The molecule has 0 heterocycles. The molecular formula is C20H23F3N2O2. The van der Waals surface area contributed by atoms with Crippen molar-refractivity contribution in [3.8, 4) is 0 Å². The average molecular weight is 380 g/mol. The van der Waals surface area contributed by atoms with Crippen LogP contribution in [-0.2, 0) is 28.7 Å². The van der Waals surface area contributed by atoms with Crippen molar-refractivity contribution in [1.82, 2.24) is 0 Å². The average Bonchev–Trinajstić information content (AvgIpc) is 2.64. The number of ether oxygens (including phenoxy) is 1. The van der Waals surface area contributed by atoms with Crippen LogP contribution in [0.3, 0.4) is 0 Å². The Morgan fingerprint density at radius 1 is 1.04 bits per heavy atom. The molecule has 0 aliphatic heterocycles. The van der Waals surface area contributed by atoms with E-state index in [1.807, 2.05) is 30.3 Å². The lowest BCUT2D eigenvalue weighted by Gasteiger charge is -2.12. The van der Waals surface area contributed by atoms with Crippen LogP contribution >= 0.6 is 0 Å². The molecule has 0 bridgehead atoms. The van der Waals surface area contributed by atoms with E-state index in [4.69, 9.17) is 10.5 Å². The highest BCUT2D eigenvalue weighted by Crippen LogP contribution is 2.32. The molecule has 2 aromatic carbocycles. The molecule has 0 unspecified atom stereocenters. The number of benzene rings is 2. The predicted molar refractivity (Wildman–Crippen MR) is 98.2 cm³/mol. The first kappa shape index (κ1) is 20.9. The molecule has 146 valence electrons. The summed E-state index contributed by atoms with van der Waals surface area (Å²) in [6.07, 6.45) is -3.04. The van der Waals surface area contributed by atoms with Crippen LogP contribution in [0.15, 0.2) is 48.5 Å². The molecule has 0 fully saturated rings. The SMILES string of the molecule is NCc1cc(NC(=O)CCCOCCc2ccccc2)cc(C(F)(F)F)c1. The first-order chi connectivity index (χ1) is 12.9. The molecule has 27 heavy (non-hydrogen) atoms. The number of hydrogen-bond donors (Lipinski definition) is 2. The molecule has 1 amide bonds. The number of nitrogens with one attached hydrogen (secondary N) is 1. The highest BCUT2D eigenvalue weighted by Gasteiger charge is 2.31. The Kier molecular flexibility index (Phi) is 7.82. The number of rotatable bonds is 9. The number of anilines is 1. The summed E-state index contributed by atoms with van der Waals surface area (Å²) in [6.45, 7) is 0.929. The number of carbonyl (C=O) groups excluding carboxylic acids is 1. The van der Waals surface area contributed by atoms with E-state index >= 15 is 0 Å². The maximum absolute atomic E-state index is 12.9. The molecule has 0 aromatic heterocycles. The van der Waals surface area contributed by atoms with Gasteiger partial charge in [-0.3, -0.25) is 4.79 Å². The standard InChI is InChI=1S/C20H23F3N2O2/c21-20(22,23)17-11-16(14-24)12-18(13-17)25-19(26)7-4-9-27-10-8-15-5-2-1-3-6-15/h1-3,5-6,11-13H,4,7-10,14,24H2,(H,25,26).